The Kier molecular flexibility index (Phi) is 5.68. The van der Waals surface area contributed by atoms with Crippen LogP contribution in [0.5, 0.6) is 0 Å². The summed E-state index contributed by atoms with van der Waals surface area (Å²) in [6.07, 6.45) is 6.08. The van der Waals surface area contributed by atoms with Gasteiger partial charge in [0.1, 0.15) is 6.54 Å². The van der Waals surface area contributed by atoms with Gasteiger partial charge in [-0.25, -0.2) is 8.42 Å². The lowest BCUT2D eigenvalue weighted by Gasteiger charge is -2.26. The molecular formula is C17H26N2O3S. The number of carbonyl (C=O) groups excluding carboxylic acids is 1. The second-order valence-corrected chi connectivity index (χ2v) is 8.16. The van der Waals surface area contributed by atoms with Gasteiger partial charge in [0.15, 0.2) is 0 Å². The molecule has 0 aliphatic heterocycles. The van der Waals surface area contributed by atoms with Crippen molar-refractivity contribution < 1.29 is 13.2 Å². The number of amides is 1. The lowest BCUT2D eigenvalue weighted by atomic mass is 10.1. The Morgan fingerprint density at radius 2 is 1.96 bits per heavy atom. The van der Waals surface area contributed by atoms with Gasteiger partial charge in [-0.05, 0) is 37.3 Å². The standard InChI is InChI=1S/C17H26N2O3S/c1-4-14-9-7-8-13(2)17(14)19(23(3,21)22)12-16(20)18-15-10-5-6-11-15/h7-9,15H,4-6,10-12H2,1-3H3,(H,18,20). The van der Waals surface area contributed by atoms with Crippen LogP contribution in [-0.2, 0) is 21.2 Å². The van der Waals surface area contributed by atoms with Crippen LogP contribution in [0.3, 0.4) is 0 Å². The van der Waals surface area contributed by atoms with Crippen molar-refractivity contribution in [3.8, 4) is 0 Å². The summed E-state index contributed by atoms with van der Waals surface area (Å²) in [5, 5.41) is 2.96. The van der Waals surface area contributed by atoms with Gasteiger partial charge in [-0.15, -0.1) is 0 Å². The molecule has 0 radical (unpaired) electrons. The van der Waals surface area contributed by atoms with Crippen molar-refractivity contribution in [1.29, 1.82) is 0 Å². The first-order valence-corrected chi connectivity index (χ1v) is 10.0. The first kappa shape index (κ1) is 17.8. The number of sulfonamides is 1. The Morgan fingerprint density at radius 3 is 2.52 bits per heavy atom. The Balaban J connectivity index is 2.26. The number of para-hydroxylation sites is 1. The van der Waals surface area contributed by atoms with Gasteiger partial charge in [0.05, 0.1) is 11.9 Å². The highest BCUT2D eigenvalue weighted by Crippen LogP contribution is 2.27. The SMILES string of the molecule is CCc1cccc(C)c1N(CC(=O)NC1CCCC1)S(C)(=O)=O. The molecule has 0 bridgehead atoms. The van der Waals surface area contributed by atoms with Crippen LogP contribution in [0.2, 0.25) is 0 Å². The second kappa shape index (κ2) is 7.34. The maximum atomic E-state index is 12.3. The van der Waals surface area contributed by atoms with E-state index in [-0.39, 0.29) is 18.5 Å². The first-order chi connectivity index (χ1) is 10.8. The lowest BCUT2D eigenvalue weighted by Crippen LogP contribution is -2.43. The van der Waals surface area contributed by atoms with Crippen molar-refractivity contribution >= 4 is 21.6 Å². The van der Waals surface area contributed by atoms with E-state index >= 15 is 0 Å². The molecule has 128 valence electrons. The van der Waals surface area contributed by atoms with Gasteiger partial charge in [-0.2, -0.15) is 0 Å². The summed E-state index contributed by atoms with van der Waals surface area (Å²) < 4.78 is 25.8. The minimum Gasteiger partial charge on any atom is -0.352 e. The average Bonchev–Trinajstić information content (AvgIpc) is 2.96. The number of nitrogens with one attached hydrogen (secondary N) is 1. The van der Waals surface area contributed by atoms with Crippen molar-refractivity contribution in [1.82, 2.24) is 5.32 Å². The highest BCUT2D eigenvalue weighted by molar-refractivity contribution is 7.92. The maximum absolute atomic E-state index is 12.3. The largest absolute Gasteiger partial charge is 0.352 e. The van der Waals surface area contributed by atoms with E-state index in [0.717, 1.165) is 43.1 Å². The van der Waals surface area contributed by atoms with Crippen molar-refractivity contribution in [3.05, 3.63) is 29.3 Å². The van der Waals surface area contributed by atoms with Gasteiger partial charge in [0.2, 0.25) is 15.9 Å². The summed E-state index contributed by atoms with van der Waals surface area (Å²) in [6, 6.07) is 5.89. The molecule has 1 aromatic carbocycles. The zero-order chi connectivity index (χ0) is 17.0. The van der Waals surface area contributed by atoms with Gasteiger partial charge in [-0.3, -0.25) is 9.10 Å². The van der Waals surface area contributed by atoms with Crippen LogP contribution in [0.25, 0.3) is 0 Å². The summed E-state index contributed by atoms with van der Waals surface area (Å²) in [7, 11) is -3.53. The molecule has 1 N–H and O–H groups in total. The number of aryl methyl sites for hydroxylation is 2. The summed E-state index contributed by atoms with van der Waals surface area (Å²) in [5.74, 6) is -0.229. The number of benzene rings is 1. The molecule has 1 aliphatic carbocycles. The maximum Gasteiger partial charge on any atom is 0.240 e. The number of carbonyl (C=O) groups is 1. The molecule has 1 aromatic rings. The van der Waals surface area contributed by atoms with E-state index in [1.807, 2.05) is 32.0 Å². The van der Waals surface area contributed by atoms with Crippen LogP contribution in [0, 0.1) is 6.92 Å². The molecule has 0 spiro atoms. The summed E-state index contributed by atoms with van der Waals surface area (Å²) in [5.41, 5.74) is 2.44. The zero-order valence-corrected chi connectivity index (χ0v) is 14.9. The minimum atomic E-state index is -3.53. The normalized spacial score (nSPS) is 15.6. The highest BCUT2D eigenvalue weighted by atomic mass is 32.2. The summed E-state index contributed by atoms with van der Waals surface area (Å²) in [6.45, 7) is 3.70. The van der Waals surface area contributed by atoms with Gasteiger partial charge in [0.25, 0.3) is 0 Å². The third-order valence-electron chi connectivity index (χ3n) is 4.36. The molecule has 1 saturated carbocycles. The predicted molar refractivity (Wildman–Crippen MR) is 93.1 cm³/mol. The molecule has 0 atom stereocenters. The second-order valence-electron chi connectivity index (χ2n) is 6.25. The van der Waals surface area contributed by atoms with E-state index in [1.54, 1.807) is 0 Å². The third kappa shape index (κ3) is 4.47. The van der Waals surface area contributed by atoms with Crippen LogP contribution in [0.15, 0.2) is 18.2 Å². The first-order valence-electron chi connectivity index (χ1n) is 8.18. The van der Waals surface area contributed by atoms with Crippen molar-refractivity contribution in [2.75, 3.05) is 17.1 Å². The van der Waals surface area contributed by atoms with Crippen molar-refractivity contribution in [2.24, 2.45) is 0 Å². The molecule has 0 aromatic heterocycles. The van der Waals surface area contributed by atoms with Crippen LogP contribution < -0.4 is 9.62 Å². The Hall–Kier alpha value is -1.56. The van der Waals surface area contributed by atoms with E-state index in [1.165, 1.54) is 4.31 Å². The van der Waals surface area contributed by atoms with E-state index < -0.39 is 10.0 Å². The molecule has 5 nitrogen and oxygen atoms in total. The molecule has 23 heavy (non-hydrogen) atoms. The van der Waals surface area contributed by atoms with E-state index in [2.05, 4.69) is 5.32 Å². The molecular weight excluding hydrogens is 312 g/mol. The summed E-state index contributed by atoms with van der Waals surface area (Å²) in [4.78, 5) is 12.3. The molecule has 0 saturated heterocycles. The lowest BCUT2D eigenvalue weighted by molar-refractivity contribution is -0.120. The molecule has 1 amide bonds. The van der Waals surface area contributed by atoms with Gasteiger partial charge in [-0.1, -0.05) is 38.0 Å². The average molecular weight is 338 g/mol. The van der Waals surface area contributed by atoms with E-state index in [0.29, 0.717) is 12.1 Å². The molecule has 1 aliphatic rings. The molecule has 1 fully saturated rings. The molecule has 6 heteroatoms. The van der Waals surface area contributed by atoms with Gasteiger partial charge < -0.3 is 5.32 Å². The van der Waals surface area contributed by atoms with Gasteiger partial charge in [0, 0.05) is 6.04 Å². The van der Waals surface area contributed by atoms with Gasteiger partial charge >= 0.3 is 0 Å². The fourth-order valence-corrected chi connectivity index (χ4v) is 4.14. The van der Waals surface area contributed by atoms with E-state index in [4.69, 9.17) is 0 Å². The van der Waals surface area contributed by atoms with Crippen LogP contribution in [0.4, 0.5) is 5.69 Å². The zero-order valence-electron chi connectivity index (χ0n) is 14.1. The fraction of sp³-hybridized carbons (Fsp3) is 0.588. The fourth-order valence-electron chi connectivity index (χ4n) is 3.20. The van der Waals surface area contributed by atoms with Crippen molar-refractivity contribution in [3.63, 3.8) is 0 Å². The summed E-state index contributed by atoms with van der Waals surface area (Å²) >= 11 is 0. The predicted octanol–water partition coefficient (Wildman–Crippen LogP) is 2.38. The van der Waals surface area contributed by atoms with Crippen LogP contribution in [0.1, 0.15) is 43.7 Å². The number of rotatable bonds is 6. The van der Waals surface area contributed by atoms with Crippen LogP contribution >= 0.6 is 0 Å². The monoisotopic (exact) mass is 338 g/mol. The highest BCUT2D eigenvalue weighted by Gasteiger charge is 2.26. The molecule has 2 rings (SSSR count). The number of nitrogens with zero attached hydrogens (tertiary/aromatic N) is 1. The Labute approximate surface area is 139 Å². The number of anilines is 1. The smallest absolute Gasteiger partial charge is 0.240 e. The quantitative estimate of drug-likeness (QED) is 0.866. The van der Waals surface area contributed by atoms with Crippen molar-refractivity contribution in [2.45, 2.75) is 52.0 Å². The van der Waals surface area contributed by atoms with E-state index in [9.17, 15) is 13.2 Å². The molecule has 0 heterocycles. The third-order valence-corrected chi connectivity index (χ3v) is 5.47. The Morgan fingerprint density at radius 1 is 1.30 bits per heavy atom. The minimum absolute atomic E-state index is 0.160. The number of hydrogen-bond donors (Lipinski definition) is 1. The molecule has 0 unspecified atom stereocenters. The van der Waals surface area contributed by atoms with Crippen LogP contribution in [-0.4, -0.2) is 33.2 Å². The Bertz CT molecular complexity index is 664. The number of hydrogen-bond acceptors (Lipinski definition) is 3. The topological polar surface area (TPSA) is 66.5 Å².